The minimum atomic E-state index is -0.514. The minimum absolute atomic E-state index is 0.216. The zero-order valence-electron chi connectivity index (χ0n) is 11.1. The molecule has 0 radical (unpaired) electrons. The average Bonchev–Trinajstić information content (AvgIpc) is 2.24. The van der Waals surface area contributed by atoms with Crippen LogP contribution >= 0.6 is 11.6 Å². The molecule has 0 fully saturated rings. The number of ether oxygens (including phenoxy) is 1. The third kappa shape index (κ3) is 6.05. The zero-order valence-corrected chi connectivity index (χ0v) is 11.9. The SMILES string of the molecule is CC(C)(C)OC(=O)NCC=Cc1ncc(N)nc1Cl. The van der Waals surface area contributed by atoms with Crippen LogP contribution in [0.5, 0.6) is 0 Å². The van der Waals surface area contributed by atoms with Gasteiger partial charge in [-0.05, 0) is 26.8 Å². The second-order valence-corrected chi connectivity index (χ2v) is 5.11. The van der Waals surface area contributed by atoms with Crippen molar-refractivity contribution in [3.63, 3.8) is 0 Å². The quantitative estimate of drug-likeness (QED) is 0.888. The van der Waals surface area contributed by atoms with Crippen molar-refractivity contribution in [1.29, 1.82) is 0 Å². The third-order valence-corrected chi connectivity index (χ3v) is 2.09. The molecule has 3 N–H and O–H groups in total. The molecule has 0 saturated heterocycles. The number of halogens is 1. The molecule has 0 atom stereocenters. The molecule has 1 rings (SSSR count). The van der Waals surface area contributed by atoms with Gasteiger partial charge in [0.05, 0.1) is 6.20 Å². The molecule has 0 unspecified atom stereocenters. The number of carbonyl (C=O) groups is 1. The molecule has 6 nitrogen and oxygen atoms in total. The van der Waals surface area contributed by atoms with Gasteiger partial charge in [-0.1, -0.05) is 17.7 Å². The summed E-state index contributed by atoms with van der Waals surface area (Å²) >= 11 is 5.84. The number of amides is 1. The van der Waals surface area contributed by atoms with Crippen molar-refractivity contribution >= 4 is 29.6 Å². The van der Waals surface area contributed by atoms with Gasteiger partial charge in [-0.15, -0.1) is 0 Å². The number of hydrogen-bond acceptors (Lipinski definition) is 5. The van der Waals surface area contributed by atoms with Crippen molar-refractivity contribution in [3.8, 4) is 0 Å². The van der Waals surface area contributed by atoms with Crippen LogP contribution in [0.3, 0.4) is 0 Å². The van der Waals surface area contributed by atoms with E-state index < -0.39 is 11.7 Å². The molecule has 0 aliphatic carbocycles. The molecule has 0 aliphatic heterocycles. The monoisotopic (exact) mass is 284 g/mol. The Morgan fingerprint density at radius 3 is 2.84 bits per heavy atom. The maximum atomic E-state index is 11.3. The Hall–Kier alpha value is -1.82. The lowest BCUT2D eigenvalue weighted by Gasteiger charge is -2.19. The van der Waals surface area contributed by atoms with E-state index >= 15 is 0 Å². The minimum Gasteiger partial charge on any atom is -0.444 e. The van der Waals surface area contributed by atoms with Crippen molar-refractivity contribution < 1.29 is 9.53 Å². The van der Waals surface area contributed by atoms with Crippen LogP contribution < -0.4 is 11.1 Å². The van der Waals surface area contributed by atoms with Gasteiger partial charge < -0.3 is 15.8 Å². The van der Waals surface area contributed by atoms with Crippen LogP contribution in [0.2, 0.25) is 5.15 Å². The summed E-state index contributed by atoms with van der Waals surface area (Å²) in [6.45, 7) is 5.70. The molecule has 7 heteroatoms. The number of rotatable bonds is 3. The first-order valence-electron chi connectivity index (χ1n) is 5.69. The molecule has 19 heavy (non-hydrogen) atoms. The third-order valence-electron chi connectivity index (χ3n) is 1.81. The Morgan fingerprint density at radius 1 is 1.58 bits per heavy atom. The molecule has 0 saturated carbocycles. The van der Waals surface area contributed by atoms with Gasteiger partial charge >= 0.3 is 6.09 Å². The molecule has 0 aliphatic rings. The predicted molar refractivity (Wildman–Crippen MR) is 74.7 cm³/mol. The number of nitrogens with one attached hydrogen (secondary N) is 1. The van der Waals surface area contributed by atoms with E-state index in [1.807, 2.05) is 0 Å². The highest BCUT2D eigenvalue weighted by molar-refractivity contribution is 6.30. The fourth-order valence-corrected chi connectivity index (χ4v) is 1.34. The standard InChI is InChI=1S/C12H17ClN4O2/c1-12(2,3)19-11(18)15-6-4-5-8-10(13)17-9(14)7-16-8/h4-5,7H,6H2,1-3H3,(H2,14,17)(H,15,18). The molecular weight excluding hydrogens is 268 g/mol. The molecule has 0 spiro atoms. The lowest BCUT2D eigenvalue weighted by atomic mass is 10.2. The Morgan fingerprint density at radius 2 is 2.26 bits per heavy atom. The maximum Gasteiger partial charge on any atom is 0.407 e. The fourth-order valence-electron chi connectivity index (χ4n) is 1.13. The second-order valence-electron chi connectivity index (χ2n) is 4.76. The van der Waals surface area contributed by atoms with Crippen LogP contribution in [-0.2, 0) is 4.74 Å². The number of anilines is 1. The van der Waals surface area contributed by atoms with Gasteiger partial charge in [0.1, 0.15) is 17.1 Å². The molecule has 1 aromatic heterocycles. The summed E-state index contributed by atoms with van der Waals surface area (Å²) in [4.78, 5) is 19.2. The van der Waals surface area contributed by atoms with Crippen molar-refractivity contribution in [2.75, 3.05) is 12.3 Å². The molecule has 1 heterocycles. The summed E-state index contributed by atoms with van der Waals surface area (Å²) in [5.74, 6) is 0.258. The number of nitrogens with two attached hydrogens (primary N) is 1. The Labute approximate surface area is 117 Å². The van der Waals surface area contributed by atoms with Crippen LogP contribution in [0.1, 0.15) is 26.5 Å². The van der Waals surface area contributed by atoms with E-state index in [0.717, 1.165) is 0 Å². The van der Waals surface area contributed by atoms with Crippen molar-refractivity contribution in [2.45, 2.75) is 26.4 Å². The highest BCUT2D eigenvalue weighted by Crippen LogP contribution is 2.12. The first-order chi connectivity index (χ1) is 8.78. The van der Waals surface area contributed by atoms with Crippen molar-refractivity contribution in [3.05, 3.63) is 23.1 Å². The van der Waals surface area contributed by atoms with E-state index in [9.17, 15) is 4.79 Å². The van der Waals surface area contributed by atoms with Crippen molar-refractivity contribution in [1.82, 2.24) is 15.3 Å². The van der Waals surface area contributed by atoms with Crippen LogP contribution in [-0.4, -0.2) is 28.2 Å². The number of hydrogen-bond donors (Lipinski definition) is 2. The lowest BCUT2D eigenvalue weighted by Crippen LogP contribution is -2.32. The summed E-state index contributed by atoms with van der Waals surface area (Å²) in [6, 6.07) is 0. The summed E-state index contributed by atoms with van der Waals surface area (Å²) < 4.78 is 5.07. The van der Waals surface area contributed by atoms with E-state index in [1.54, 1.807) is 32.9 Å². The maximum absolute atomic E-state index is 11.3. The van der Waals surface area contributed by atoms with E-state index in [2.05, 4.69) is 15.3 Å². The number of aromatic nitrogens is 2. The Kier molecular flexibility index (Phi) is 5.11. The number of alkyl carbamates (subject to hydrolysis) is 1. The predicted octanol–water partition coefficient (Wildman–Crippen LogP) is 2.25. The topological polar surface area (TPSA) is 90.1 Å². The molecule has 104 valence electrons. The summed E-state index contributed by atoms with van der Waals surface area (Å²) in [5.41, 5.74) is 5.40. The van der Waals surface area contributed by atoms with Gasteiger partial charge in [-0.2, -0.15) is 0 Å². The molecular formula is C12H17ClN4O2. The summed E-state index contributed by atoms with van der Waals surface area (Å²) in [6.07, 6.45) is 4.27. The number of nitrogens with zero attached hydrogens (tertiary/aromatic N) is 2. The van der Waals surface area contributed by atoms with E-state index in [-0.39, 0.29) is 11.0 Å². The first-order valence-corrected chi connectivity index (χ1v) is 6.07. The highest BCUT2D eigenvalue weighted by Gasteiger charge is 2.14. The lowest BCUT2D eigenvalue weighted by molar-refractivity contribution is 0.0534. The van der Waals surface area contributed by atoms with Gasteiger partial charge in [0, 0.05) is 6.54 Å². The summed E-state index contributed by atoms with van der Waals surface area (Å²) in [5, 5.41) is 2.79. The summed E-state index contributed by atoms with van der Waals surface area (Å²) in [7, 11) is 0. The molecule has 0 aromatic carbocycles. The normalized spacial score (nSPS) is 11.6. The van der Waals surface area contributed by atoms with Crippen LogP contribution in [0, 0.1) is 0 Å². The molecule has 1 amide bonds. The van der Waals surface area contributed by atoms with Gasteiger partial charge in [-0.3, -0.25) is 0 Å². The number of carbonyl (C=O) groups excluding carboxylic acids is 1. The number of nitrogen functional groups attached to an aromatic ring is 1. The Bertz CT molecular complexity index is 483. The first kappa shape index (κ1) is 15.2. The Balaban J connectivity index is 2.44. The molecule has 1 aromatic rings. The largest absolute Gasteiger partial charge is 0.444 e. The van der Waals surface area contributed by atoms with Gasteiger partial charge in [-0.25, -0.2) is 14.8 Å². The van der Waals surface area contributed by atoms with Gasteiger partial charge in [0.25, 0.3) is 0 Å². The van der Waals surface area contributed by atoms with E-state index in [0.29, 0.717) is 12.2 Å². The smallest absolute Gasteiger partial charge is 0.407 e. The van der Waals surface area contributed by atoms with E-state index in [4.69, 9.17) is 22.1 Å². The van der Waals surface area contributed by atoms with Crippen LogP contribution in [0.4, 0.5) is 10.6 Å². The van der Waals surface area contributed by atoms with Crippen LogP contribution in [0.15, 0.2) is 12.3 Å². The van der Waals surface area contributed by atoms with Crippen molar-refractivity contribution in [2.24, 2.45) is 0 Å². The van der Waals surface area contributed by atoms with E-state index in [1.165, 1.54) is 6.20 Å². The zero-order chi connectivity index (χ0) is 14.5. The van der Waals surface area contributed by atoms with Gasteiger partial charge in [0.2, 0.25) is 0 Å². The van der Waals surface area contributed by atoms with Crippen LogP contribution in [0.25, 0.3) is 6.08 Å². The molecule has 0 bridgehead atoms. The second kappa shape index (κ2) is 6.38. The van der Waals surface area contributed by atoms with Gasteiger partial charge in [0.15, 0.2) is 5.15 Å². The fraction of sp³-hybridized carbons (Fsp3) is 0.417. The average molecular weight is 285 g/mol. The highest BCUT2D eigenvalue weighted by atomic mass is 35.5.